The van der Waals surface area contributed by atoms with Crippen molar-refractivity contribution >= 4 is 28.6 Å². The van der Waals surface area contributed by atoms with Crippen molar-refractivity contribution in [3.8, 4) is 40.4 Å². The Morgan fingerprint density at radius 1 is 1.02 bits per heavy atom. The van der Waals surface area contributed by atoms with E-state index in [-0.39, 0.29) is 29.0 Å². The largest absolute Gasteiger partial charge is 0.481 e. The molecule has 1 N–H and O–H groups in total. The van der Waals surface area contributed by atoms with Crippen LogP contribution in [0.4, 0.5) is 4.39 Å². The smallest absolute Gasteiger partial charge is 0.236 e. The Kier molecular flexibility index (Phi) is 8.57. The summed E-state index contributed by atoms with van der Waals surface area (Å²) in [7, 11) is 1.61. The molecule has 12 heteroatoms. The standard InChI is InChI=1S/C41H38ClFN6O4/c1-51-38-26(21-48-14-2-3-15-48)18-32(42)40(46-38)52-34-11-10-28-27(6-4-7-29(28)34)30-8-5-9-31(36(30)43)39-45-33-17-24(16-25(19-44)37(33)53-39)20-49-22-41(23-49)13-12-35(50)47-41/h4-9,16-18,34H,2-3,10-15,20-23H2,1H3,(H,47,50)/t34-/m1/s1. The predicted octanol–water partition coefficient (Wildman–Crippen LogP) is 7.36. The summed E-state index contributed by atoms with van der Waals surface area (Å²) in [5.74, 6) is 0.582. The van der Waals surface area contributed by atoms with Crippen LogP contribution in [0.5, 0.6) is 11.8 Å². The van der Waals surface area contributed by atoms with Crippen LogP contribution in [0, 0.1) is 17.1 Å². The Morgan fingerprint density at radius 2 is 1.81 bits per heavy atom. The van der Waals surface area contributed by atoms with Crippen LogP contribution in [0.15, 0.2) is 59.0 Å². The molecule has 0 bridgehead atoms. The highest BCUT2D eigenvalue weighted by Gasteiger charge is 2.47. The molecule has 1 amide bonds. The van der Waals surface area contributed by atoms with E-state index in [1.807, 2.05) is 30.3 Å². The number of nitrogens with one attached hydrogen (secondary N) is 1. The Labute approximate surface area is 311 Å². The van der Waals surface area contributed by atoms with E-state index in [4.69, 9.17) is 25.5 Å². The lowest BCUT2D eigenvalue weighted by Gasteiger charge is -2.48. The second kappa shape index (κ2) is 13.4. The van der Waals surface area contributed by atoms with Crippen LogP contribution >= 0.6 is 11.6 Å². The van der Waals surface area contributed by atoms with Crippen molar-refractivity contribution in [3.05, 3.63) is 93.3 Å². The predicted molar refractivity (Wildman–Crippen MR) is 197 cm³/mol. The molecule has 1 spiro atoms. The van der Waals surface area contributed by atoms with E-state index in [1.165, 1.54) is 12.8 Å². The molecule has 270 valence electrons. The molecule has 0 unspecified atom stereocenters. The number of aromatic nitrogens is 2. The quantitative estimate of drug-likeness (QED) is 0.166. The SMILES string of the molecule is COc1nc(O[C@@H]2CCc3c(-c4cccc(-c5nc6cc(CN7CC8(CCC(=O)N8)C7)cc(C#N)c6o5)c4F)cccc32)c(Cl)cc1CN1CCCC1. The number of amides is 1. The van der Waals surface area contributed by atoms with Gasteiger partial charge in [-0.15, -0.1) is 0 Å². The Bertz CT molecular complexity index is 2310. The Balaban J connectivity index is 0.970. The molecular weight excluding hydrogens is 695 g/mol. The topological polar surface area (TPSA) is 117 Å². The number of carbonyl (C=O) groups excluding carboxylic acids is 1. The molecule has 0 saturated carbocycles. The molecule has 4 aliphatic rings. The van der Waals surface area contributed by atoms with Gasteiger partial charge in [0, 0.05) is 43.7 Å². The third-order valence-electron chi connectivity index (χ3n) is 11.1. The summed E-state index contributed by atoms with van der Waals surface area (Å²) in [4.78, 5) is 25.7. The zero-order valence-electron chi connectivity index (χ0n) is 29.4. The van der Waals surface area contributed by atoms with Gasteiger partial charge in [-0.25, -0.2) is 9.37 Å². The maximum Gasteiger partial charge on any atom is 0.236 e. The van der Waals surface area contributed by atoms with E-state index >= 15 is 4.39 Å². The molecular formula is C41H38ClFN6O4. The monoisotopic (exact) mass is 732 g/mol. The molecule has 2 aromatic heterocycles. The minimum Gasteiger partial charge on any atom is -0.481 e. The molecule has 3 aromatic carbocycles. The number of nitrogens with zero attached hydrogens (tertiary/aromatic N) is 5. The number of rotatable bonds is 9. The fourth-order valence-electron chi connectivity index (χ4n) is 8.65. The fraction of sp³-hybridized carbons (Fsp3) is 0.366. The zero-order chi connectivity index (χ0) is 36.3. The first kappa shape index (κ1) is 33.8. The van der Waals surface area contributed by atoms with Crippen molar-refractivity contribution in [2.75, 3.05) is 33.3 Å². The molecule has 3 saturated heterocycles. The van der Waals surface area contributed by atoms with Crippen molar-refractivity contribution in [2.45, 2.75) is 63.3 Å². The van der Waals surface area contributed by atoms with Gasteiger partial charge >= 0.3 is 0 Å². The van der Waals surface area contributed by atoms with Crippen LogP contribution in [0.25, 0.3) is 33.7 Å². The average molecular weight is 733 g/mol. The maximum absolute atomic E-state index is 16.6. The molecule has 3 aliphatic heterocycles. The van der Waals surface area contributed by atoms with Crippen molar-refractivity contribution in [1.29, 1.82) is 5.26 Å². The minimum absolute atomic E-state index is 0.105. The van der Waals surface area contributed by atoms with Gasteiger partial charge in [-0.05, 0) is 91.7 Å². The van der Waals surface area contributed by atoms with Gasteiger partial charge in [0.05, 0.1) is 23.8 Å². The van der Waals surface area contributed by atoms with E-state index < -0.39 is 5.82 Å². The maximum atomic E-state index is 16.6. The number of pyridine rings is 1. The lowest BCUT2D eigenvalue weighted by Crippen LogP contribution is -2.66. The first-order valence-electron chi connectivity index (χ1n) is 18.2. The summed E-state index contributed by atoms with van der Waals surface area (Å²) in [5.41, 5.74) is 6.25. The van der Waals surface area contributed by atoms with Gasteiger partial charge in [-0.3, -0.25) is 14.6 Å². The van der Waals surface area contributed by atoms with Gasteiger partial charge in [0.25, 0.3) is 0 Å². The molecule has 0 radical (unpaired) electrons. The number of likely N-dealkylation sites (tertiary alicyclic amines) is 2. The summed E-state index contributed by atoms with van der Waals surface area (Å²) in [5, 5.41) is 13.5. The van der Waals surface area contributed by atoms with E-state index in [0.717, 1.165) is 67.0 Å². The molecule has 1 atom stereocenters. The van der Waals surface area contributed by atoms with Gasteiger partial charge < -0.3 is 19.2 Å². The third-order valence-corrected chi connectivity index (χ3v) is 11.4. The van der Waals surface area contributed by atoms with E-state index in [2.05, 4.69) is 31.2 Å². The lowest BCUT2D eigenvalue weighted by molar-refractivity contribution is -0.120. The summed E-state index contributed by atoms with van der Waals surface area (Å²) >= 11 is 6.73. The number of oxazole rings is 1. The number of methoxy groups -OCH3 is 1. The van der Waals surface area contributed by atoms with Crippen LogP contribution in [0.1, 0.15) is 66.0 Å². The molecule has 1 aliphatic carbocycles. The summed E-state index contributed by atoms with van der Waals surface area (Å²) < 4.78 is 34.8. The molecule has 5 aromatic rings. The number of halogens is 2. The zero-order valence-corrected chi connectivity index (χ0v) is 30.1. The van der Waals surface area contributed by atoms with E-state index in [1.54, 1.807) is 31.4 Å². The van der Waals surface area contributed by atoms with Crippen molar-refractivity contribution < 1.29 is 23.1 Å². The van der Waals surface area contributed by atoms with Crippen LogP contribution in [-0.4, -0.2) is 64.5 Å². The van der Waals surface area contributed by atoms with Gasteiger partial charge in [0.2, 0.25) is 23.6 Å². The number of nitriles is 1. The van der Waals surface area contributed by atoms with Gasteiger partial charge in [-0.1, -0.05) is 41.9 Å². The number of carbonyl (C=O) groups is 1. The lowest BCUT2D eigenvalue weighted by atomic mass is 9.88. The summed E-state index contributed by atoms with van der Waals surface area (Å²) in [6.45, 7) is 4.96. The van der Waals surface area contributed by atoms with Crippen LogP contribution in [-0.2, 0) is 24.3 Å². The summed E-state index contributed by atoms with van der Waals surface area (Å²) in [6, 6.07) is 18.9. The molecule has 3 fully saturated rings. The van der Waals surface area contributed by atoms with E-state index in [0.29, 0.717) is 64.8 Å². The highest BCUT2D eigenvalue weighted by atomic mass is 35.5. The number of ether oxygens (including phenoxy) is 2. The normalized spacial score (nSPS) is 19.4. The fourth-order valence-corrected chi connectivity index (χ4v) is 8.87. The average Bonchev–Trinajstić information content (AvgIpc) is 3.96. The minimum atomic E-state index is -0.455. The second-order valence-corrected chi connectivity index (χ2v) is 15.1. The number of fused-ring (bicyclic) bond motifs is 2. The molecule has 10 nitrogen and oxygen atoms in total. The molecule has 5 heterocycles. The van der Waals surface area contributed by atoms with Crippen LogP contribution in [0.3, 0.4) is 0 Å². The highest BCUT2D eigenvalue weighted by Crippen LogP contribution is 2.43. The number of hydrogen-bond donors (Lipinski definition) is 1. The molecule has 53 heavy (non-hydrogen) atoms. The van der Waals surface area contributed by atoms with Crippen molar-refractivity contribution in [2.24, 2.45) is 0 Å². The number of hydrogen-bond acceptors (Lipinski definition) is 9. The first-order chi connectivity index (χ1) is 25.8. The highest BCUT2D eigenvalue weighted by molar-refractivity contribution is 6.31. The number of benzene rings is 3. The van der Waals surface area contributed by atoms with E-state index in [9.17, 15) is 10.1 Å². The molecule has 9 rings (SSSR count). The van der Waals surface area contributed by atoms with Gasteiger partial charge in [0.1, 0.15) is 28.5 Å². The first-order valence-corrected chi connectivity index (χ1v) is 18.6. The van der Waals surface area contributed by atoms with Gasteiger partial charge in [0.15, 0.2) is 5.58 Å². The third kappa shape index (κ3) is 6.18. The Morgan fingerprint density at radius 3 is 2.58 bits per heavy atom. The van der Waals surface area contributed by atoms with Gasteiger partial charge in [-0.2, -0.15) is 10.2 Å². The van der Waals surface area contributed by atoms with Crippen molar-refractivity contribution in [1.82, 2.24) is 25.1 Å². The second-order valence-electron chi connectivity index (χ2n) is 14.7. The van der Waals surface area contributed by atoms with Crippen molar-refractivity contribution in [3.63, 3.8) is 0 Å². The summed E-state index contributed by atoms with van der Waals surface area (Å²) in [6.07, 6.45) is 4.84. The Hall–Kier alpha value is -5.02. The van der Waals surface area contributed by atoms with Crippen LogP contribution < -0.4 is 14.8 Å². The van der Waals surface area contributed by atoms with Crippen LogP contribution in [0.2, 0.25) is 5.02 Å².